The second kappa shape index (κ2) is 7.69. The van der Waals surface area contributed by atoms with Gasteiger partial charge in [0.05, 0.1) is 43.5 Å². The van der Waals surface area contributed by atoms with E-state index in [0.29, 0.717) is 42.9 Å². The summed E-state index contributed by atoms with van der Waals surface area (Å²) in [5.74, 6) is 0.861. The van der Waals surface area contributed by atoms with E-state index in [1.165, 1.54) is 6.20 Å². The van der Waals surface area contributed by atoms with Gasteiger partial charge in [-0.3, -0.25) is 4.79 Å². The number of ether oxygens (including phenoxy) is 2. The SMILES string of the molecule is CCOc1ccc(C(=O)Nc2cnc(N3CCOCC3)nc2)cn1. The number of hydrogen-bond acceptors (Lipinski definition) is 7. The average molecular weight is 329 g/mol. The number of amides is 1. The molecule has 0 atom stereocenters. The highest BCUT2D eigenvalue weighted by Gasteiger charge is 2.14. The van der Waals surface area contributed by atoms with Crippen molar-refractivity contribution in [1.29, 1.82) is 0 Å². The Bertz CT molecular complexity index is 669. The molecule has 0 bridgehead atoms. The minimum absolute atomic E-state index is 0.270. The highest BCUT2D eigenvalue weighted by molar-refractivity contribution is 6.03. The first kappa shape index (κ1) is 16.1. The van der Waals surface area contributed by atoms with Crippen LogP contribution in [0.3, 0.4) is 0 Å². The molecule has 1 fully saturated rings. The molecule has 2 aromatic heterocycles. The molecule has 0 spiro atoms. The van der Waals surface area contributed by atoms with Gasteiger partial charge in [0.2, 0.25) is 11.8 Å². The maximum absolute atomic E-state index is 12.2. The van der Waals surface area contributed by atoms with E-state index in [9.17, 15) is 4.79 Å². The minimum Gasteiger partial charge on any atom is -0.478 e. The fraction of sp³-hybridized carbons (Fsp3) is 0.375. The van der Waals surface area contributed by atoms with Crippen molar-refractivity contribution in [2.75, 3.05) is 43.1 Å². The molecular weight excluding hydrogens is 310 g/mol. The lowest BCUT2D eigenvalue weighted by atomic mass is 10.2. The van der Waals surface area contributed by atoms with Gasteiger partial charge in [-0.05, 0) is 13.0 Å². The number of carbonyl (C=O) groups excluding carboxylic acids is 1. The molecule has 3 rings (SSSR count). The van der Waals surface area contributed by atoms with Crippen LogP contribution in [-0.2, 0) is 4.74 Å². The number of hydrogen-bond donors (Lipinski definition) is 1. The van der Waals surface area contributed by atoms with Crippen LogP contribution in [0.2, 0.25) is 0 Å². The van der Waals surface area contributed by atoms with Gasteiger partial charge in [-0.15, -0.1) is 0 Å². The third kappa shape index (κ3) is 3.96. The number of nitrogens with one attached hydrogen (secondary N) is 1. The van der Waals surface area contributed by atoms with Gasteiger partial charge < -0.3 is 19.7 Å². The zero-order valence-electron chi connectivity index (χ0n) is 13.4. The zero-order valence-corrected chi connectivity index (χ0v) is 13.4. The second-order valence-electron chi connectivity index (χ2n) is 5.14. The van der Waals surface area contributed by atoms with Crippen molar-refractivity contribution in [1.82, 2.24) is 15.0 Å². The van der Waals surface area contributed by atoms with Crippen LogP contribution >= 0.6 is 0 Å². The summed E-state index contributed by atoms with van der Waals surface area (Å²) in [6.07, 6.45) is 4.67. The summed E-state index contributed by atoms with van der Waals surface area (Å²) in [5, 5.41) is 2.75. The number of morpholine rings is 1. The lowest BCUT2D eigenvalue weighted by molar-refractivity contribution is 0.102. The van der Waals surface area contributed by atoms with Gasteiger partial charge in [0, 0.05) is 25.4 Å². The molecule has 24 heavy (non-hydrogen) atoms. The molecule has 0 radical (unpaired) electrons. The third-order valence-electron chi connectivity index (χ3n) is 3.48. The van der Waals surface area contributed by atoms with E-state index in [4.69, 9.17) is 9.47 Å². The standard InChI is InChI=1S/C16H19N5O3/c1-2-24-14-4-3-12(9-17-14)15(22)20-13-10-18-16(19-11-13)21-5-7-23-8-6-21/h3-4,9-11H,2,5-8H2,1H3,(H,20,22). The Morgan fingerprint density at radius 1 is 1.21 bits per heavy atom. The van der Waals surface area contributed by atoms with Crippen LogP contribution in [0.15, 0.2) is 30.7 Å². The number of pyridine rings is 1. The van der Waals surface area contributed by atoms with Gasteiger partial charge in [-0.25, -0.2) is 15.0 Å². The van der Waals surface area contributed by atoms with Crippen LogP contribution in [0.1, 0.15) is 17.3 Å². The summed E-state index contributed by atoms with van der Waals surface area (Å²) in [7, 11) is 0. The number of aromatic nitrogens is 3. The first-order valence-electron chi connectivity index (χ1n) is 7.81. The fourth-order valence-electron chi connectivity index (χ4n) is 2.26. The fourth-order valence-corrected chi connectivity index (χ4v) is 2.26. The molecule has 1 aliphatic rings. The van der Waals surface area contributed by atoms with Crippen LogP contribution in [0.4, 0.5) is 11.6 Å². The van der Waals surface area contributed by atoms with Crippen LogP contribution < -0.4 is 15.0 Å². The average Bonchev–Trinajstić information content (AvgIpc) is 2.64. The third-order valence-corrected chi connectivity index (χ3v) is 3.48. The predicted molar refractivity (Wildman–Crippen MR) is 88.4 cm³/mol. The van der Waals surface area contributed by atoms with Crippen molar-refractivity contribution in [2.45, 2.75) is 6.92 Å². The largest absolute Gasteiger partial charge is 0.478 e. The topological polar surface area (TPSA) is 89.5 Å². The monoisotopic (exact) mass is 329 g/mol. The van der Waals surface area contributed by atoms with Crippen molar-refractivity contribution in [3.05, 3.63) is 36.3 Å². The normalized spacial score (nSPS) is 14.3. The lowest BCUT2D eigenvalue weighted by Gasteiger charge is -2.26. The van der Waals surface area contributed by atoms with Crippen molar-refractivity contribution < 1.29 is 14.3 Å². The van der Waals surface area contributed by atoms with E-state index in [1.54, 1.807) is 24.5 Å². The lowest BCUT2D eigenvalue weighted by Crippen LogP contribution is -2.37. The number of carbonyl (C=O) groups is 1. The van der Waals surface area contributed by atoms with E-state index in [-0.39, 0.29) is 5.91 Å². The smallest absolute Gasteiger partial charge is 0.257 e. The van der Waals surface area contributed by atoms with Gasteiger partial charge in [0.15, 0.2) is 0 Å². The van der Waals surface area contributed by atoms with Gasteiger partial charge in [0.25, 0.3) is 5.91 Å². The highest BCUT2D eigenvalue weighted by atomic mass is 16.5. The van der Waals surface area contributed by atoms with Crippen LogP contribution in [0.5, 0.6) is 5.88 Å². The van der Waals surface area contributed by atoms with Crippen molar-refractivity contribution in [3.8, 4) is 5.88 Å². The molecule has 126 valence electrons. The summed E-state index contributed by atoms with van der Waals surface area (Å²) in [6.45, 7) is 5.29. The minimum atomic E-state index is -0.270. The maximum Gasteiger partial charge on any atom is 0.257 e. The first-order valence-corrected chi connectivity index (χ1v) is 7.81. The summed E-state index contributed by atoms with van der Waals surface area (Å²) in [6, 6.07) is 3.33. The Hall–Kier alpha value is -2.74. The van der Waals surface area contributed by atoms with Gasteiger partial charge in [-0.2, -0.15) is 0 Å². The molecule has 2 aromatic rings. The van der Waals surface area contributed by atoms with E-state index in [0.717, 1.165) is 13.1 Å². The Labute approximate surface area is 139 Å². The highest BCUT2D eigenvalue weighted by Crippen LogP contribution is 2.13. The van der Waals surface area contributed by atoms with Crippen LogP contribution in [-0.4, -0.2) is 53.8 Å². The van der Waals surface area contributed by atoms with Crippen molar-refractivity contribution in [3.63, 3.8) is 0 Å². The van der Waals surface area contributed by atoms with Crippen LogP contribution in [0.25, 0.3) is 0 Å². The predicted octanol–water partition coefficient (Wildman–Crippen LogP) is 1.36. The van der Waals surface area contributed by atoms with Gasteiger partial charge in [0.1, 0.15) is 0 Å². The van der Waals surface area contributed by atoms with E-state index >= 15 is 0 Å². The molecule has 0 saturated carbocycles. The Balaban J connectivity index is 1.61. The second-order valence-corrected chi connectivity index (χ2v) is 5.14. The summed E-state index contributed by atoms with van der Waals surface area (Å²) < 4.78 is 10.6. The molecule has 0 aromatic carbocycles. The van der Waals surface area contributed by atoms with Crippen LogP contribution in [0, 0.1) is 0 Å². The molecule has 1 N–H and O–H groups in total. The van der Waals surface area contributed by atoms with Crippen molar-refractivity contribution in [2.24, 2.45) is 0 Å². The quantitative estimate of drug-likeness (QED) is 0.886. The summed E-state index contributed by atoms with van der Waals surface area (Å²) in [4.78, 5) is 26.9. The van der Waals surface area contributed by atoms with Crippen molar-refractivity contribution >= 4 is 17.5 Å². The Morgan fingerprint density at radius 2 is 1.96 bits per heavy atom. The first-order chi connectivity index (χ1) is 11.8. The number of nitrogens with zero attached hydrogens (tertiary/aromatic N) is 4. The van der Waals surface area contributed by atoms with Gasteiger partial charge in [-0.1, -0.05) is 0 Å². The molecular formula is C16H19N5O3. The molecule has 0 aliphatic carbocycles. The summed E-state index contributed by atoms with van der Waals surface area (Å²) in [5.41, 5.74) is 0.974. The summed E-state index contributed by atoms with van der Waals surface area (Å²) >= 11 is 0. The number of anilines is 2. The molecule has 0 unspecified atom stereocenters. The molecule has 8 nitrogen and oxygen atoms in total. The van der Waals surface area contributed by atoms with E-state index in [1.807, 2.05) is 11.8 Å². The molecule has 1 saturated heterocycles. The number of rotatable bonds is 5. The zero-order chi connectivity index (χ0) is 16.8. The van der Waals surface area contributed by atoms with E-state index in [2.05, 4.69) is 20.3 Å². The molecule has 8 heteroatoms. The molecule has 1 aliphatic heterocycles. The maximum atomic E-state index is 12.2. The Morgan fingerprint density at radius 3 is 2.58 bits per heavy atom. The molecule has 1 amide bonds. The van der Waals surface area contributed by atoms with Gasteiger partial charge >= 0.3 is 0 Å². The van der Waals surface area contributed by atoms with E-state index < -0.39 is 0 Å². The molecule has 3 heterocycles. The Kier molecular flexibility index (Phi) is 5.17.